The molecular formula is C23H16N2O4. The van der Waals surface area contributed by atoms with E-state index in [1.165, 1.54) is 23.1 Å². The van der Waals surface area contributed by atoms with Crippen molar-refractivity contribution < 1.29 is 14.5 Å². The van der Waals surface area contributed by atoms with Crippen LogP contribution in [-0.2, 0) is 6.54 Å². The van der Waals surface area contributed by atoms with Crippen molar-refractivity contribution in [2.45, 2.75) is 6.54 Å². The lowest BCUT2D eigenvalue weighted by molar-refractivity contribution is -0.385. The second kappa shape index (κ2) is 7.52. The number of rotatable bonds is 5. The number of hydrogen-bond acceptors (Lipinski definition) is 4. The number of nitrogens with zero attached hydrogens (tertiary/aromatic N) is 2. The van der Waals surface area contributed by atoms with Crippen LogP contribution in [0.3, 0.4) is 0 Å². The third-order valence-corrected chi connectivity index (χ3v) is 4.77. The molecule has 0 saturated carbocycles. The first-order chi connectivity index (χ1) is 14.1. The second-order valence-electron chi connectivity index (χ2n) is 6.59. The molecular weight excluding hydrogens is 368 g/mol. The summed E-state index contributed by atoms with van der Waals surface area (Å²) >= 11 is 0. The molecule has 1 aliphatic rings. The molecule has 0 saturated heterocycles. The number of carbonyl (C=O) groups excluding carboxylic acids is 2. The molecule has 0 bridgehead atoms. The van der Waals surface area contributed by atoms with Crippen LogP contribution in [0.15, 0.2) is 84.9 Å². The van der Waals surface area contributed by atoms with Gasteiger partial charge < -0.3 is 4.90 Å². The maximum absolute atomic E-state index is 13.1. The predicted octanol–water partition coefficient (Wildman–Crippen LogP) is 4.47. The molecule has 1 aliphatic heterocycles. The van der Waals surface area contributed by atoms with Crippen molar-refractivity contribution in [1.29, 1.82) is 0 Å². The number of allylic oxidation sites excluding steroid dienone is 1. The van der Waals surface area contributed by atoms with Crippen molar-refractivity contribution in [3.8, 4) is 0 Å². The van der Waals surface area contributed by atoms with Crippen molar-refractivity contribution in [3.63, 3.8) is 0 Å². The highest BCUT2D eigenvalue weighted by molar-refractivity contribution is 6.17. The maximum atomic E-state index is 13.1. The quantitative estimate of drug-likeness (QED) is 0.281. The number of hydrogen-bond donors (Lipinski definition) is 0. The van der Waals surface area contributed by atoms with Gasteiger partial charge in [0, 0.05) is 23.3 Å². The maximum Gasteiger partial charge on any atom is 0.282 e. The average molecular weight is 384 g/mol. The van der Waals surface area contributed by atoms with Gasteiger partial charge >= 0.3 is 0 Å². The Morgan fingerprint density at radius 1 is 0.931 bits per heavy atom. The summed E-state index contributed by atoms with van der Waals surface area (Å²) in [5.41, 5.74) is 1.85. The van der Waals surface area contributed by atoms with Crippen LogP contribution in [0.25, 0.3) is 5.70 Å². The van der Waals surface area contributed by atoms with Crippen molar-refractivity contribution in [3.05, 3.63) is 117 Å². The molecule has 3 aromatic carbocycles. The fourth-order valence-electron chi connectivity index (χ4n) is 3.41. The van der Waals surface area contributed by atoms with E-state index in [0.29, 0.717) is 16.8 Å². The molecule has 0 fully saturated rings. The first kappa shape index (κ1) is 18.3. The van der Waals surface area contributed by atoms with Crippen LogP contribution in [0.5, 0.6) is 0 Å². The summed E-state index contributed by atoms with van der Waals surface area (Å²) in [7, 11) is 0. The van der Waals surface area contributed by atoms with Gasteiger partial charge in [-0.25, -0.2) is 0 Å². The van der Waals surface area contributed by atoms with E-state index in [9.17, 15) is 19.7 Å². The van der Waals surface area contributed by atoms with Crippen LogP contribution >= 0.6 is 0 Å². The van der Waals surface area contributed by atoms with Gasteiger partial charge in [0.15, 0.2) is 5.78 Å². The van der Waals surface area contributed by atoms with Gasteiger partial charge in [-0.1, -0.05) is 72.8 Å². The fourth-order valence-corrected chi connectivity index (χ4v) is 3.41. The minimum absolute atomic E-state index is 0.0144. The van der Waals surface area contributed by atoms with Crippen molar-refractivity contribution in [1.82, 2.24) is 4.90 Å². The normalized spacial score (nSPS) is 14.1. The fraction of sp³-hybridized carbons (Fsp3) is 0.0435. The number of fused-ring (bicyclic) bond motifs is 1. The number of amides is 1. The lowest BCUT2D eigenvalue weighted by Gasteiger charge is -2.18. The van der Waals surface area contributed by atoms with E-state index in [0.717, 1.165) is 5.56 Å². The molecule has 1 heterocycles. The van der Waals surface area contributed by atoms with Crippen molar-refractivity contribution in [2.75, 3.05) is 0 Å². The van der Waals surface area contributed by atoms with E-state index in [2.05, 4.69) is 0 Å². The number of carbonyl (C=O) groups is 2. The van der Waals surface area contributed by atoms with Crippen molar-refractivity contribution >= 4 is 23.1 Å². The highest BCUT2D eigenvalue weighted by Gasteiger charge is 2.38. The smallest absolute Gasteiger partial charge is 0.282 e. The molecule has 1 amide bonds. The molecule has 3 aromatic rings. The largest absolute Gasteiger partial charge is 0.303 e. The van der Waals surface area contributed by atoms with E-state index < -0.39 is 10.8 Å². The summed E-state index contributed by atoms with van der Waals surface area (Å²) < 4.78 is 0. The van der Waals surface area contributed by atoms with Gasteiger partial charge in [-0.05, 0) is 5.56 Å². The summed E-state index contributed by atoms with van der Waals surface area (Å²) in [6, 6.07) is 22.5. The zero-order chi connectivity index (χ0) is 20.4. The molecule has 6 nitrogen and oxygen atoms in total. The predicted molar refractivity (Wildman–Crippen MR) is 108 cm³/mol. The molecule has 142 valence electrons. The molecule has 0 unspecified atom stereocenters. The third-order valence-electron chi connectivity index (χ3n) is 4.77. The summed E-state index contributed by atoms with van der Waals surface area (Å²) in [6.45, 7) is 0.208. The average Bonchev–Trinajstić information content (AvgIpc) is 3.01. The van der Waals surface area contributed by atoms with Gasteiger partial charge in [0.1, 0.15) is 5.56 Å². The molecule has 6 heteroatoms. The summed E-state index contributed by atoms with van der Waals surface area (Å²) in [5, 5.41) is 11.5. The first-order valence-electron chi connectivity index (χ1n) is 9.01. The molecule has 0 aromatic heterocycles. The molecule has 0 radical (unpaired) electrons. The molecule has 0 aliphatic carbocycles. The van der Waals surface area contributed by atoms with Gasteiger partial charge in [0.05, 0.1) is 17.2 Å². The number of ketones is 1. The lowest BCUT2D eigenvalue weighted by atomic mass is 10.0. The van der Waals surface area contributed by atoms with Gasteiger partial charge in [-0.15, -0.1) is 0 Å². The first-order valence-corrected chi connectivity index (χ1v) is 9.01. The Morgan fingerprint density at radius 2 is 1.59 bits per heavy atom. The van der Waals surface area contributed by atoms with Crippen LogP contribution in [-0.4, -0.2) is 21.5 Å². The Hall–Kier alpha value is -4.06. The Bertz CT molecular complexity index is 1140. The zero-order valence-electron chi connectivity index (χ0n) is 15.3. The molecule has 29 heavy (non-hydrogen) atoms. The number of benzene rings is 3. The number of nitro benzene ring substituents is 1. The van der Waals surface area contributed by atoms with E-state index in [4.69, 9.17) is 0 Å². The highest BCUT2D eigenvalue weighted by Crippen LogP contribution is 2.39. The Balaban J connectivity index is 1.84. The van der Waals surface area contributed by atoms with Crippen LogP contribution in [0, 0.1) is 10.1 Å². The van der Waals surface area contributed by atoms with E-state index in [-0.39, 0.29) is 23.6 Å². The zero-order valence-corrected chi connectivity index (χ0v) is 15.3. The molecule has 4 rings (SSSR count). The standard InChI is InChI=1S/C23H16N2O4/c26-21(17-10-5-2-6-11-17)14-20-18-12-7-13-19(25(28)29)22(18)23(27)24(20)15-16-8-3-1-4-9-16/h1-14H,15H2/b20-14-. The topological polar surface area (TPSA) is 80.5 Å². The minimum Gasteiger partial charge on any atom is -0.303 e. The summed E-state index contributed by atoms with van der Waals surface area (Å²) in [6.07, 6.45) is 1.38. The number of nitro groups is 1. The van der Waals surface area contributed by atoms with E-state index in [1.807, 2.05) is 36.4 Å². The van der Waals surface area contributed by atoms with E-state index in [1.54, 1.807) is 30.3 Å². The van der Waals surface area contributed by atoms with Gasteiger partial charge in [0.2, 0.25) is 0 Å². The lowest BCUT2D eigenvalue weighted by Crippen LogP contribution is -2.23. The van der Waals surface area contributed by atoms with Gasteiger partial charge in [0.25, 0.3) is 11.6 Å². The second-order valence-corrected chi connectivity index (χ2v) is 6.59. The summed E-state index contributed by atoms with van der Waals surface area (Å²) in [4.78, 5) is 38.2. The third kappa shape index (κ3) is 3.43. The minimum atomic E-state index is -0.570. The van der Waals surface area contributed by atoms with Crippen LogP contribution in [0.2, 0.25) is 0 Å². The van der Waals surface area contributed by atoms with Crippen LogP contribution in [0.4, 0.5) is 5.69 Å². The molecule has 0 atom stereocenters. The summed E-state index contributed by atoms with van der Waals surface area (Å²) in [5.74, 6) is -0.755. The molecule has 0 N–H and O–H groups in total. The highest BCUT2D eigenvalue weighted by atomic mass is 16.6. The Labute approximate surface area is 166 Å². The molecule has 0 spiro atoms. The van der Waals surface area contributed by atoms with Crippen LogP contribution in [0.1, 0.15) is 31.8 Å². The van der Waals surface area contributed by atoms with Gasteiger partial charge in [-0.3, -0.25) is 19.7 Å². The Kier molecular flexibility index (Phi) is 4.75. The SMILES string of the molecule is O=C(/C=C1/c2cccc([N+](=O)[O-])c2C(=O)N1Cc1ccccc1)c1ccccc1. The van der Waals surface area contributed by atoms with Crippen molar-refractivity contribution in [2.24, 2.45) is 0 Å². The van der Waals surface area contributed by atoms with E-state index >= 15 is 0 Å². The Morgan fingerprint density at radius 3 is 2.24 bits per heavy atom. The monoisotopic (exact) mass is 384 g/mol. The van der Waals surface area contributed by atoms with Gasteiger partial charge in [-0.2, -0.15) is 0 Å². The van der Waals surface area contributed by atoms with Crippen LogP contribution < -0.4 is 0 Å².